The topological polar surface area (TPSA) is 47.8 Å². The molecule has 0 unspecified atom stereocenters. The number of halogens is 1. The van der Waals surface area contributed by atoms with Crippen LogP contribution in [-0.4, -0.2) is 14.5 Å². The van der Waals surface area contributed by atoms with Crippen molar-refractivity contribution in [3.8, 4) is 0 Å². The number of nitrogens with zero attached hydrogens (tertiary/aromatic N) is 3. The lowest BCUT2D eigenvalue weighted by Gasteiger charge is -2.06. The zero-order valence-electron chi connectivity index (χ0n) is 8.90. The highest BCUT2D eigenvalue weighted by Crippen LogP contribution is 2.13. The van der Waals surface area contributed by atoms with Crippen molar-refractivity contribution in [1.82, 2.24) is 14.5 Å². The summed E-state index contributed by atoms with van der Waals surface area (Å²) in [4.78, 5) is 20.9. The predicted molar refractivity (Wildman–Crippen MR) is 64.2 cm³/mol. The van der Waals surface area contributed by atoms with Gasteiger partial charge in [-0.25, -0.2) is 9.97 Å². The molecule has 0 saturated heterocycles. The zero-order valence-corrected chi connectivity index (χ0v) is 10.5. The zero-order chi connectivity index (χ0) is 11.7. The minimum Gasteiger partial charge on any atom is -0.291 e. The molecule has 0 aliphatic heterocycles. The third kappa shape index (κ3) is 2.31. The highest BCUT2D eigenvalue weighted by molar-refractivity contribution is 7.11. The van der Waals surface area contributed by atoms with Crippen LogP contribution >= 0.6 is 22.9 Å². The predicted octanol–water partition coefficient (Wildman–Crippen LogP) is 2.02. The first-order chi connectivity index (χ1) is 7.56. The van der Waals surface area contributed by atoms with E-state index in [1.807, 2.05) is 6.92 Å². The van der Waals surface area contributed by atoms with Gasteiger partial charge in [0.05, 0.1) is 11.6 Å². The fourth-order valence-corrected chi connectivity index (χ4v) is 2.41. The van der Waals surface area contributed by atoms with Crippen LogP contribution in [0.3, 0.4) is 0 Å². The largest absolute Gasteiger partial charge is 0.291 e. The van der Waals surface area contributed by atoms with Crippen molar-refractivity contribution in [3.63, 3.8) is 0 Å². The highest BCUT2D eigenvalue weighted by atomic mass is 35.5. The molecule has 16 heavy (non-hydrogen) atoms. The van der Waals surface area contributed by atoms with Gasteiger partial charge in [-0.1, -0.05) is 11.6 Å². The van der Waals surface area contributed by atoms with E-state index in [-0.39, 0.29) is 10.7 Å². The van der Waals surface area contributed by atoms with Crippen LogP contribution < -0.4 is 5.56 Å². The average molecular weight is 256 g/mol. The first-order valence-electron chi connectivity index (χ1n) is 4.71. The quantitative estimate of drug-likeness (QED) is 0.772. The number of rotatable bonds is 2. The Kier molecular flexibility index (Phi) is 3.07. The summed E-state index contributed by atoms with van der Waals surface area (Å²) in [6.07, 6.45) is 1.78. The maximum absolute atomic E-state index is 11.7. The lowest BCUT2D eigenvalue weighted by atomic mass is 10.4. The van der Waals surface area contributed by atoms with E-state index in [4.69, 9.17) is 11.6 Å². The van der Waals surface area contributed by atoms with E-state index in [1.54, 1.807) is 29.0 Å². The summed E-state index contributed by atoms with van der Waals surface area (Å²) >= 11 is 7.27. The van der Waals surface area contributed by atoms with Crippen LogP contribution in [0.4, 0.5) is 0 Å². The molecule has 0 fully saturated rings. The summed E-state index contributed by atoms with van der Waals surface area (Å²) in [6, 6.07) is 1.32. The fourth-order valence-electron chi connectivity index (χ4n) is 1.41. The Hall–Kier alpha value is -1.20. The van der Waals surface area contributed by atoms with Crippen LogP contribution in [0.25, 0.3) is 0 Å². The molecule has 0 radical (unpaired) electrons. The Bertz CT molecular complexity index is 576. The minimum absolute atomic E-state index is 0.136. The second-order valence-electron chi connectivity index (χ2n) is 3.40. The van der Waals surface area contributed by atoms with Crippen LogP contribution in [0.15, 0.2) is 17.1 Å². The fraction of sp³-hybridized carbons (Fsp3) is 0.300. The third-order valence-electron chi connectivity index (χ3n) is 2.15. The number of thiazole rings is 1. The molecular weight excluding hydrogens is 246 g/mol. The van der Waals surface area contributed by atoms with Gasteiger partial charge in [0.25, 0.3) is 5.56 Å². The van der Waals surface area contributed by atoms with E-state index in [9.17, 15) is 4.79 Å². The summed E-state index contributed by atoms with van der Waals surface area (Å²) < 4.78 is 1.58. The molecule has 2 aromatic heterocycles. The van der Waals surface area contributed by atoms with Gasteiger partial charge in [-0.2, -0.15) is 0 Å². The SMILES string of the molecule is Cc1ncc(Cn2c(C)nc(Cl)cc2=O)s1. The van der Waals surface area contributed by atoms with Gasteiger partial charge in [0.2, 0.25) is 0 Å². The molecule has 0 bridgehead atoms. The van der Waals surface area contributed by atoms with E-state index >= 15 is 0 Å². The van der Waals surface area contributed by atoms with Gasteiger partial charge in [0.1, 0.15) is 11.0 Å². The molecule has 2 rings (SSSR count). The van der Waals surface area contributed by atoms with Gasteiger partial charge in [0, 0.05) is 17.1 Å². The second kappa shape index (κ2) is 4.35. The van der Waals surface area contributed by atoms with Crippen LogP contribution in [0.2, 0.25) is 5.15 Å². The Balaban J connectivity index is 2.38. The summed E-state index contributed by atoms with van der Waals surface area (Å²) in [5, 5.41) is 1.22. The monoisotopic (exact) mass is 255 g/mol. The molecule has 0 saturated carbocycles. The molecule has 2 heterocycles. The van der Waals surface area contributed by atoms with Crippen molar-refractivity contribution >= 4 is 22.9 Å². The highest BCUT2D eigenvalue weighted by Gasteiger charge is 2.06. The molecule has 0 atom stereocenters. The molecule has 4 nitrogen and oxygen atoms in total. The first kappa shape index (κ1) is 11.3. The third-order valence-corrected chi connectivity index (χ3v) is 3.24. The van der Waals surface area contributed by atoms with Crippen molar-refractivity contribution in [2.75, 3.05) is 0 Å². The smallest absolute Gasteiger partial charge is 0.255 e. The molecule has 2 aromatic rings. The number of aromatic nitrogens is 3. The Labute approximate surface area is 102 Å². The van der Waals surface area contributed by atoms with Gasteiger partial charge in [-0.15, -0.1) is 11.3 Å². The molecule has 0 aromatic carbocycles. The molecule has 0 aliphatic carbocycles. The second-order valence-corrected chi connectivity index (χ2v) is 5.10. The van der Waals surface area contributed by atoms with Gasteiger partial charge >= 0.3 is 0 Å². The minimum atomic E-state index is -0.136. The summed E-state index contributed by atoms with van der Waals surface area (Å²) in [6.45, 7) is 4.20. The van der Waals surface area contributed by atoms with Gasteiger partial charge in [0.15, 0.2) is 0 Å². The number of hydrogen-bond donors (Lipinski definition) is 0. The Morgan fingerprint density at radius 3 is 2.81 bits per heavy atom. The van der Waals surface area contributed by atoms with Crippen LogP contribution in [0.5, 0.6) is 0 Å². The Morgan fingerprint density at radius 2 is 2.25 bits per heavy atom. The summed E-state index contributed by atoms with van der Waals surface area (Å²) in [5.74, 6) is 0.614. The van der Waals surface area contributed by atoms with Crippen LogP contribution in [0.1, 0.15) is 15.7 Å². The molecule has 0 spiro atoms. The maximum Gasteiger partial charge on any atom is 0.255 e. The van der Waals surface area contributed by atoms with E-state index in [1.165, 1.54) is 6.07 Å². The van der Waals surface area contributed by atoms with E-state index in [0.717, 1.165) is 9.88 Å². The standard InChI is InChI=1S/C10H10ClN3OS/c1-6-13-9(11)3-10(15)14(6)5-8-4-12-7(2)16-8/h3-4H,5H2,1-2H3. The van der Waals surface area contributed by atoms with Crippen molar-refractivity contribution in [1.29, 1.82) is 0 Å². The van der Waals surface area contributed by atoms with Crippen molar-refractivity contribution in [3.05, 3.63) is 43.5 Å². The number of aryl methyl sites for hydroxylation is 2. The van der Waals surface area contributed by atoms with Gasteiger partial charge in [-0.3, -0.25) is 9.36 Å². The molecule has 0 N–H and O–H groups in total. The van der Waals surface area contributed by atoms with Gasteiger partial charge < -0.3 is 0 Å². The Morgan fingerprint density at radius 1 is 1.50 bits per heavy atom. The van der Waals surface area contributed by atoms with Crippen LogP contribution in [-0.2, 0) is 6.54 Å². The van der Waals surface area contributed by atoms with Crippen molar-refractivity contribution in [2.24, 2.45) is 0 Å². The molecule has 6 heteroatoms. The van der Waals surface area contributed by atoms with E-state index < -0.39 is 0 Å². The average Bonchev–Trinajstić information content (AvgIpc) is 2.58. The van der Waals surface area contributed by atoms with E-state index in [2.05, 4.69) is 9.97 Å². The summed E-state index contributed by atoms with van der Waals surface area (Å²) in [5.41, 5.74) is -0.136. The normalized spacial score (nSPS) is 10.7. The van der Waals surface area contributed by atoms with Crippen LogP contribution in [0, 0.1) is 13.8 Å². The molecule has 0 amide bonds. The van der Waals surface area contributed by atoms with Gasteiger partial charge in [-0.05, 0) is 13.8 Å². The maximum atomic E-state index is 11.7. The van der Waals surface area contributed by atoms with E-state index in [0.29, 0.717) is 12.4 Å². The number of hydrogen-bond acceptors (Lipinski definition) is 4. The molecule has 0 aliphatic rings. The summed E-state index contributed by atoms with van der Waals surface area (Å²) in [7, 11) is 0. The van der Waals surface area contributed by atoms with Crippen molar-refractivity contribution < 1.29 is 0 Å². The first-order valence-corrected chi connectivity index (χ1v) is 5.91. The molecular formula is C10H10ClN3OS. The van der Waals surface area contributed by atoms with Crippen molar-refractivity contribution in [2.45, 2.75) is 20.4 Å². The molecule has 84 valence electrons. The lowest BCUT2D eigenvalue weighted by Crippen LogP contribution is -2.23. The lowest BCUT2D eigenvalue weighted by molar-refractivity contribution is 0.707.